The van der Waals surface area contributed by atoms with Crippen molar-refractivity contribution in [3.63, 3.8) is 0 Å². The van der Waals surface area contributed by atoms with E-state index in [9.17, 15) is 5.11 Å². The summed E-state index contributed by atoms with van der Waals surface area (Å²) in [6.07, 6.45) is 6.87. The molecule has 6 nitrogen and oxygen atoms in total. The van der Waals surface area contributed by atoms with Crippen LogP contribution in [0.5, 0.6) is 11.6 Å². The molecule has 1 saturated carbocycles. The number of nitrogens with zero attached hydrogens (tertiary/aromatic N) is 3. The zero-order valence-electron chi connectivity index (χ0n) is 19.3. The highest BCUT2D eigenvalue weighted by Crippen LogP contribution is 2.37. The lowest BCUT2D eigenvalue weighted by Crippen LogP contribution is -2.36. The van der Waals surface area contributed by atoms with Crippen LogP contribution in [0.2, 0.25) is 0 Å². The van der Waals surface area contributed by atoms with Gasteiger partial charge in [0.2, 0.25) is 5.88 Å². The molecule has 0 spiro atoms. The van der Waals surface area contributed by atoms with Crippen molar-refractivity contribution in [2.45, 2.75) is 38.5 Å². The summed E-state index contributed by atoms with van der Waals surface area (Å²) in [5, 5.41) is 15.4. The van der Waals surface area contributed by atoms with Crippen LogP contribution in [0.3, 0.4) is 0 Å². The monoisotopic (exact) mass is 445 g/mol. The van der Waals surface area contributed by atoms with E-state index in [1.165, 1.54) is 5.56 Å². The molecule has 1 atom stereocenters. The van der Waals surface area contributed by atoms with E-state index < -0.39 is 6.10 Å². The minimum atomic E-state index is -0.614. The zero-order chi connectivity index (χ0) is 23.2. The molecule has 3 aromatic rings. The highest BCUT2D eigenvalue weighted by atomic mass is 16.5. The van der Waals surface area contributed by atoms with Gasteiger partial charge in [0, 0.05) is 31.7 Å². The van der Waals surface area contributed by atoms with E-state index in [1.54, 1.807) is 4.68 Å². The number of hydrogen-bond donors (Lipinski definition) is 1. The topological polar surface area (TPSA) is 59.8 Å². The smallest absolute Gasteiger partial charge is 0.222 e. The van der Waals surface area contributed by atoms with E-state index in [0.717, 1.165) is 35.4 Å². The fourth-order valence-corrected chi connectivity index (χ4v) is 3.93. The Morgan fingerprint density at radius 2 is 1.91 bits per heavy atom. The summed E-state index contributed by atoms with van der Waals surface area (Å²) in [6.45, 7) is 3.60. The minimum absolute atomic E-state index is 0.204. The predicted octanol–water partition coefficient (Wildman–Crippen LogP) is 4.16. The first-order valence-corrected chi connectivity index (χ1v) is 11.3. The standard InChI is InChI=1S/C27H31N3O3/c1-4-16-32-19-23(31)17-30(22-12-13-22)18-25-26(21-8-6-5-7-9-21)28-29(3)27(25)33-24-14-10-20(2)11-15-24/h1,5-11,14-15,22-23,31H,12-13,16-19H2,2-3H3. The Morgan fingerprint density at radius 3 is 2.58 bits per heavy atom. The maximum atomic E-state index is 10.5. The van der Waals surface area contributed by atoms with Crippen molar-refractivity contribution in [1.29, 1.82) is 0 Å². The molecule has 2 aromatic carbocycles. The maximum Gasteiger partial charge on any atom is 0.222 e. The van der Waals surface area contributed by atoms with E-state index in [0.29, 0.717) is 25.0 Å². The van der Waals surface area contributed by atoms with Crippen LogP contribution in [-0.4, -0.2) is 51.7 Å². The Balaban J connectivity index is 1.63. The SMILES string of the molecule is C#CCOCC(O)CN(Cc1c(-c2ccccc2)nn(C)c1Oc1ccc(C)cc1)C1CC1. The molecule has 0 radical (unpaired) electrons. The quantitative estimate of drug-likeness (QED) is 0.355. The number of hydrogen-bond acceptors (Lipinski definition) is 5. The largest absolute Gasteiger partial charge is 0.439 e. The highest BCUT2D eigenvalue weighted by Gasteiger charge is 2.33. The van der Waals surface area contributed by atoms with Gasteiger partial charge >= 0.3 is 0 Å². The number of aliphatic hydroxyl groups is 1. The summed E-state index contributed by atoms with van der Waals surface area (Å²) in [5.41, 5.74) is 4.12. The molecule has 4 rings (SSSR count). The van der Waals surface area contributed by atoms with E-state index in [1.807, 2.05) is 49.5 Å². The lowest BCUT2D eigenvalue weighted by atomic mass is 10.1. The molecule has 1 aliphatic carbocycles. The molecule has 0 amide bonds. The third-order valence-corrected chi connectivity index (χ3v) is 5.74. The number of aromatic nitrogens is 2. The van der Waals surface area contributed by atoms with Crippen molar-refractivity contribution in [3.05, 3.63) is 65.7 Å². The van der Waals surface area contributed by atoms with Crippen molar-refractivity contribution < 1.29 is 14.6 Å². The normalized spacial score (nSPS) is 14.3. The molecule has 33 heavy (non-hydrogen) atoms. The van der Waals surface area contributed by atoms with E-state index in [4.69, 9.17) is 21.0 Å². The Labute approximate surface area is 195 Å². The number of aryl methyl sites for hydroxylation is 2. The molecule has 1 heterocycles. The van der Waals surface area contributed by atoms with Crippen molar-refractivity contribution in [2.24, 2.45) is 7.05 Å². The van der Waals surface area contributed by atoms with Gasteiger partial charge in [-0.25, -0.2) is 4.68 Å². The summed E-state index contributed by atoms with van der Waals surface area (Å²) in [4.78, 5) is 2.30. The van der Waals surface area contributed by atoms with E-state index in [2.05, 4.69) is 29.9 Å². The fourth-order valence-electron chi connectivity index (χ4n) is 3.93. The Hall–Kier alpha value is -3.11. The van der Waals surface area contributed by atoms with Gasteiger partial charge in [-0.15, -0.1) is 6.42 Å². The molecular formula is C27H31N3O3. The van der Waals surface area contributed by atoms with Gasteiger partial charge in [-0.1, -0.05) is 53.9 Å². The summed E-state index contributed by atoms with van der Waals surface area (Å²) in [5.74, 6) is 3.92. The number of benzene rings is 2. The first-order valence-electron chi connectivity index (χ1n) is 11.3. The fraction of sp³-hybridized carbons (Fsp3) is 0.370. The Morgan fingerprint density at radius 1 is 1.18 bits per heavy atom. The van der Waals surface area contributed by atoms with Crippen LogP contribution < -0.4 is 4.74 Å². The number of rotatable bonds is 11. The number of ether oxygens (including phenoxy) is 2. The van der Waals surface area contributed by atoms with Gasteiger partial charge in [-0.3, -0.25) is 4.90 Å². The molecule has 1 N–H and O–H groups in total. The molecule has 1 fully saturated rings. The van der Waals surface area contributed by atoms with Crippen LogP contribution >= 0.6 is 0 Å². The summed E-state index contributed by atoms with van der Waals surface area (Å²) >= 11 is 0. The van der Waals surface area contributed by atoms with Crippen molar-refractivity contribution in [3.8, 4) is 35.2 Å². The lowest BCUT2D eigenvalue weighted by molar-refractivity contribution is 0.0241. The van der Waals surface area contributed by atoms with Gasteiger partial charge in [0.25, 0.3) is 0 Å². The van der Waals surface area contributed by atoms with Gasteiger partial charge in [0.1, 0.15) is 18.1 Å². The first kappa shape index (κ1) is 23.1. The molecule has 0 aliphatic heterocycles. The first-order chi connectivity index (χ1) is 16.0. The molecule has 0 saturated heterocycles. The third kappa shape index (κ3) is 6.02. The summed E-state index contributed by atoms with van der Waals surface area (Å²) < 4.78 is 13.5. The second-order valence-electron chi connectivity index (χ2n) is 8.57. The third-order valence-electron chi connectivity index (χ3n) is 5.74. The van der Waals surface area contributed by atoms with Gasteiger partial charge in [-0.2, -0.15) is 5.10 Å². The van der Waals surface area contributed by atoms with Crippen LogP contribution in [0, 0.1) is 19.3 Å². The van der Waals surface area contributed by atoms with Crippen LogP contribution in [0.15, 0.2) is 54.6 Å². The molecule has 1 unspecified atom stereocenters. The van der Waals surface area contributed by atoms with Crippen LogP contribution in [-0.2, 0) is 18.3 Å². The van der Waals surface area contributed by atoms with Crippen LogP contribution in [0.4, 0.5) is 0 Å². The predicted molar refractivity (Wildman–Crippen MR) is 129 cm³/mol. The van der Waals surface area contributed by atoms with Crippen molar-refractivity contribution >= 4 is 0 Å². The van der Waals surface area contributed by atoms with E-state index >= 15 is 0 Å². The van der Waals surface area contributed by atoms with Gasteiger partial charge in [0.15, 0.2) is 0 Å². The van der Waals surface area contributed by atoms with Crippen molar-refractivity contribution in [2.75, 3.05) is 19.8 Å². The second-order valence-corrected chi connectivity index (χ2v) is 8.57. The van der Waals surface area contributed by atoms with Gasteiger partial charge < -0.3 is 14.6 Å². The minimum Gasteiger partial charge on any atom is -0.439 e. The van der Waals surface area contributed by atoms with Gasteiger partial charge in [-0.05, 0) is 31.9 Å². The van der Waals surface area contributed by atoms with Gasteiger partial charge in [0.05, 0.1) is 18.3 Å². The second kappa shape index (κ2) is 10.7. The highest BCUT2D eigenvalue weighted by molar-refractivity contribution is 5.65. The summed E-state index contributed by atoms with van der Waals surface area (Å²) in [7, 11) is 1.91. The van der Waals surface area contributed by atoms with Crippen molar-refractivity contribution in [1.82, 2.24) is 14.7 Å². The molecular weight excluding hydrogens is 414 g/mol. The van der Waals surface area contributed by atoms with E-state index in [-0.39, 0.29) is 13.2 Å². The van der Waals surface area contributed by atoms with Crippen LogP contribution in [0.1, 0.15) is 24.0 Å². The molecule has 1 aliphatic rings. The lowest BCUT2D eigenvalue weighted by Gasteiger charge is -2.25. The molecule has 0 bridgehead atoms. The number of terminal acetylenes is 1. The molecule has 1 aromatic heterocycles. The zero-order valence-corrected chi connectivity index (χ0v) is 19.3. The number of aliphatic hydroxyl groups excluding tert-OH is 1. The Bertz CT molecular complexity index is 1080. The molecule has 172 valence electrons. The van der Waals surface area contributed by atoms with Crippen LogP contribution in [0.25, 0.3) is 11.3 Å². The average Bonchev–Trinajstić information content (AvgIpc) is 3.62. The average molecular weight is 446 g/mol. The Kier molecular flexibility index (Phi) is 7.46. The maximum absolute atomic E-state index is 10.5. The summed E-state index contributed by atoms with van der Waals surface area (Å²) in [6, 6.07) is 18.6. The molecule has 6 heteroatoms.